The number of carbonyl (C=O) groups excluding carboxylic acids is 1. The second kappa shape index (κ2) is 7.62. The third-order valence-electron chi connectivity index (χ3n) is 4.95. The highest BCUT2D eigenvalue weighted by molar-refractivity contribution is 5.85. The number of hydrogen-bond acceptors (Lipinski definition) is 4. The number of halogens is 1. The second-order valence-electron chi connectivity index (χ2n) is 6.59. The fraction of sp³-hybridized carbons (Fsp3) is 0.867. The molecule has 0 radical (unpaired) electrons. The van der Waals surface area contributed by atoms with Crippen molar-refractivity contribution in [1.29, 1.82) is 0 Å². The number of carboxylic acids is 1. The van der Waals surface area contributed by atoms with Crippen molar-refractivity contribution in [2.24, 2.45) is 17.8 Å². The molecule has 22 heavy (non-hydrogen) atoms. The number of carboxylic acid groups (broad SMARTS) is 1. The molecule has 0 aromatic rings. The van der Waals surface area contributed by atoms with Crippen LogP contribution in [0.3, 0.4) is 0 Å². The number of nitrogens with one attached hydrogen (secondary N) is 1. The van der Waals surface area contributed by atoms with Crippen LogP contribution in [0.15, 0.2) is 0 Å². The van der Waals surface area contributed by atoms with Gasteiger partial charge in [0.25, 0.3) is 0 Å². The van der Waals surface area contributed by atoms with Gasteiger partial charge < -0.3 is 15.2 Å². The number of carbonyl (C=O) groups is 2. The number of aliphatic carboxylic acids is 1. The number of hydrogen-bond donors (Lipinski definition) is 2. The Bertz CT molecular complexity index is 410. The zero-order valence-electron chi connectivity index (χ0n) is 12.7. The molecular formula is C15H25ClN2O4. The Labute approximate surface area is 137 Å². The molecule has 2 atom stereocenters. The van der Waals surface area contributed by atoms with Crippen LogP contribution in [0, 0.1) is 17.8 Å². The molecule has 3 fully saturated rings. The van der Waals surface area contributed by atoms with E-state index in [0.29, 0.717) is 31.6 Å². The molecule has 2 aliphatic heterocycles. The van der Waals surface area contributed by atoms with Crippen molar-refractivity contribution < 1.29 is 19.4 Å². The molecule has 0 bridgehead atoms. The van der Waals surface area contributed by atoms with E-state index in [1.807, 2.05) is 4.90 Å². The van der Waals surface area contributed by atoms with Gasteiger partial charge in [-0.2, -0.15) is 0 Å². The van der Waals surface area contributed by atoms with Crippen molar-refractivity contribution in [1.82, 2.24) is 10.2 Å². The molecule has 1 amide bonds. The minimum atomic E-state index is -0.791. The van der Waals surface area contributed by atoms with Crippen LogP contribution < -0.4 is 5.32 Å². The van der Waals surface area contributed by atoms with E-state index in [9.17, 15) is 9.59 Å². The zero-order chi connectivity index (χ0) is 14.8. The van der Waals surface area contributed by atoms with E-state index in [4.69, 9.17) is 9.84 Å². The summed E-state index contributed by atoms with van der Waals surface area (Å²) in [5.74, 6) is 0.496. The van der Waals surface area contributed by atoms with Crippen molar-refractivity contribution in [3.05, 3.63) is 0 Å². The fourth-order valence-corrected chi connectivity index (χ4v) is 3.65. The predicted octanol–water partition coefficient (Wildman–Crippen LogP) is 0.746. The van der Waals surface area contributed by atoms with Gasteiger partial charge >= 0.3 is 5.97 Å². The Morgan fingerprint density at radius 2 is 1.82 bits per heavy atom. The lowest BCUT2D eigenvalue weighted by Gasteiger charge is -2.25. The van der Waals surface area contributed by atoms with Crippen LogP contribution in [0.4, 0.5) is 0 Å². The van der Waals surface area contributed by atoms with Crippen molar-refractivity contribution in [2.45, 2.75) is 31.7 Å². The summed E-state index contributed by atoms with van der Waals surface area (Å²) in [6, 6.07) is 0.118. The summed E-state index contributed by atoms with van der Waals surface area (Å²) in [6.45, 7) is 2.88. The first-order valence-electron chi connectivity index (χ1n) is 7.95. The number of ether oxygens (including phenoxy) is 1. The first-order chi connectivity index (χ1) is 10.1. The van der Waals surface area contributed by atoms with Crippen molar-refractivity contribution >= 4 is 24.3 Å². The van der Waals surface area contributed by atoms with Gasteiger partial charge in [0.1, 0.15) is 0 Å². The standard InChI is InChI=1S/C15H24N2O4.ClH/c18-14(19)9-17-7-12(10-1-2-10)13(8-17)16-15(20)11-3-5-21-6-4-11;/h10-13H,1-9H2,(H,16,20)(H,18,19);1H/t12-,13+;/m1./s1. The largest absolute Gasteiger partial charge is 0.480 e. The molecule has 1 saturated carbocycles. The van der Waals surface area contributed by atoms with Gasteiger partial charge in [0.15, 0.2) is 0 Å². The Balaban J connectivity index is 0.00000176. The van der Waals surface area contributed by atoms with Crippen LogP contribution in [0.1, 0.15) is 25.7 Å². The van der Waals surface area contributed by atoms with E-state index < -0.39 is 5.97 Å². The van der Waals surface area contributed by atoms with Crippen LogP contribution in [0.5, 0.6) is 0 Å². The van der Waals surface area contributed by atoms with Gasteiger partial charge in [-0.25, -0.2) is 0 Å². The summed E-state index contributed by atoms with van der Waals surface area (Å²) >= 11 is 0. The average Bonchev–Trinajstić information content (AvgIpc) is 3.23. The normalized spacial score (nSPS) is 29.8. The minimum Gasteiger partial charge on any atom is -0.480 e. The van der Waals surface area contributed by atoms with E-state index in [0.717, 1.165) is 19.4 Å². The highest BCUT2D eigenvalue weighted by Crippen LogP contribution is 2.41. The maximum absolute atomic E-state index is 12.4. The maximum Gasteiger partial charge on any atom is 0.317 e. The van der Waals surface area contributed by atoms with Gasteiger partial charge in [-0.3, -0.25) is 14.5 Å². The number of amides is 1. The Morgan fingerprint density at radius 3 is 2.41 bits per heavy atom. The molecular weight excluding hydrogens is 308 g/mol. The van der Waals surface area contributed by atoms with E-state index in [-0.39, 0.29) is 36.8 Å². The molecule has 7 heteroatoms. The minimum absolute atomic E-state index is 0. The lowest BCUT2D eigenvalue weighted by molar-refractivity contribution is -0.138. The van der Waals surface area contributed by atoms with Gasteiger partial charge in [0, 0.05) is 38.3 Å². The van der Waals surface area contributed by atoms with Gasteiger partial charge in [-0.1, -0.05) is 0 Å². The second-order valence-corrected chi connectivity index (χ2v) is 6.59. The summed E-state index contributed by atoms with van der Waals surface area (Å²) in [7, 11) is 0. The molecule has 2 saturated heterocycles. The molecule has 126 valence electrons. The summed E-state index contributed by atoms with van der Waals surface area (Å²) in [4.78, 5) is 25.2. The summed E-state index contributed by atoms with van der Waals surface area (Å²) < 4.78 is 5.30. The lowest BCUT2D eigenvalue weighted by Crippen LogP contribution is -2.45. The van der Waals surface area contributed by atoms with Crippen molar-refractivity contribution in [3.8, 4) is 0 Å². The number of likely N-dealkylation sites (tertiary alicyclic amines) is 1. The van der Waals surface area contributed by atoms with Gasteiger partial charge in [0.2, 0.25) is 5.91 Å². The summed E-state index contributed by atoms with van der Waals surface area (Å²) in [6.07, 6.45) is 4.03. The Morgan fingerprint density at radius 1 is 1.14 bits per heavy atom. The third-order valence-corrected chi connectivity index (χ3v) is 4.95. The van der Waals surface area contributed by atoms with Gasteiger partial charge in [-0.15, -0.1) is 12.4 Å². The topological polar surface area (TPSA) is 78.9 Å². The molecule has 2 N–H and O–H groups in total. The van der Waals surface area contributed by atoms with E-state index in [1.54, 1.807) is 0 Å². The molecule has 3 aliphatic rings. The molecule has 1 aliphatic carbocycles. The van der Waals surface area contributed by atoms with E-state index >= 15 is 0 Å². The van der Waals surface area contributed by atoms with Gasteiger partial charge in [-0.05, 0) is 37.5 Å². The lowest BCUT2D eigenvalue weighted by atomic mass is 9.95. The van der Waals surface area contributed by atoms with Crippen molar-refractivity contribution in [2.75, 3.05) is 32.8 Å². The number of rotatable bonds is 5. The monoisotopic (exact) mass is 332 g/mol. The molecule has 0 unspecified atom stereocenters. The van der Waals surface area contributed by atoms with E-state index in [2.05, 4.69) is 5.32 Å². The van der Waals surface area contributed by atoms with E-state index in [1.165, 1.54) is 12.8 Å². The maximum atomic E-state index is 12.4. The van der Waals surface area contributed by atoms with Crippen LogP contribution in [0.25, 0.3) is 0 Å². The van der Waals surface area contributed by atoms with Crippen LogP contribution in [0.2, 0.25) is 0 Å². The number of nitrogens with zero attached hydrogens (tertiary/aromatic N) is 1. The molecule has 3 rings (SSSR count). The highest BCUT2D eigenvalue weighted by Gasteiger charge is 2.43. The van der Waals surface area contributed by atoms with Crippen LogP contribution in [-0.2, 0) is 14.3 Å². The van der Waals surface area contributed by atoms with Crippen LogP contribution in [-0.4, -0.2) is 60.8 Å². The molecule has 0 spiro atoms. The molecule has 0 aromatic carbocycles. The Hall–Kier alpha value is -0.850. The van der Waals surface area contributed by atoms with Gasteiger partial charge in [0.05, 0.1) is 6.54 Å². The molecule has 0 aromatic heterocycles. The Kier molecular flexibility index (Phi) is 6.06. The quantitative estimate of drug-likeness (QED) is 0.776. The molecule has 6 nitrogen and oxygen atoms in total. The first-order valence-corrected chi connectivity index (χ1v) is 7.95. The van der Waals surface area contributed by atoms with Crippen LogP contribution >= 0.6 is 12.4 Å². The predicted molar refractivity (Wildman–Crippen MR) is 83.0 cm³/mol. The molecule has 2 heterocycles. The first kappa shape index (κ1) is 17.5. The van der Waals surface area contributed by atoms with Crippen molar-refractivity contribution in [3.63, 3.8) is 0 Å². The summed E-state index contributed by atoms with van der Waals surface area (Å²) in [5.41, 5.74) is 0. The average molecular weight is 333 g/mol. The highest BCUT2D eigenvalue weighted by atomic mass is 35.5. The third kappa shape index (κ3) is 4.33. The fourth-order valence-electron chi connectivity index (χ4n) is 3.65. The zero-order valence-corrected chi connectivity index (χ0v) is 13.5. The SMILES string of the molecule is Cl.O=C(O)CN1C[C@H](NC(=O)C2CCOCC2)[C@@H](C2CC2)C1. The summed E-state index contributed by atoms with van der Waals surface area (Å²) in [5, 5.41) is 12.1. The smallest absolute Gasteiger partial charge is 0.317 e.